The Kier molecular flexibility index (Phi) is 9.94. The summed E-state index contributed by atoms with van der Waals surface area (Å²) in [6, 6.07) is 32.6. The smallest absolute Gasteiger partial charge is 0.321 e. The Labute approximate surface area is 241 Å². The van der Waals surface area contributed by atoms with Crippen LogP contribution >= 0.6 is 0 Å². The molecule has 40 heavy (non-hydrogen) atoms. The maximum absolute atomic E-state index is 13.6. The molecule has 0 bridgehead atoms. The van der Waals surface area contributed by atoms with Crippen molar-refractivity contribution in [1.29, 1.82) is 0 Å². The standard InChI is InChI=1S/C36H47N3O/c1-36(29-37-35(40)39(34-20-12-5-13-21-34)28-32-18-10-4-11-19-32)24-22-33(23-25-36)38(26-30-14-6-2-7-15-30)27-31-16-8-3-9-17-31/h2-3,5-9,12-17,20-21,32-33H,4,10-11,18-19,22-29H2,1H3,(H,37,40)/t33-,36-. The maximum atomic E-state index is 13.6. The molecule has 2 aliphatic carbocycles. The summed E-state index contributed by atoms with van der Waals surface area (Å²) in [5.41, 5.74) is 3.89. The molecule has 3 aromatic rings. The molecule has 0 aromatic heterocycles. The molecule has 2 aliphatic rings. The van der Waals surface area contributed by atoms with Crippen LogP contribution in [-0.4, -0.2) is 30.1 Å². The highest BCUT2D eigenvalue weighted by atomic mass is 16.2. The van der Waals surface area contributed by atoms with Crippen LogP contribution < -0.4 is 10.2 Å². The zero-order valence-electron chi connectivity index (χ0n) is 24.3. The zero-order chi connectivity index (χ0) is 27.6. The van der Waals surface area contributed by atoms with E-state index in [2.05, 4.69) is 89.9 Å². The molecule has 212 valence electrons. The molecule has 0 heterocycles. The fraction of sp³-hybridized carbons (Fsp3) is 0.472. The van der Waals surface area contributed by atoms with Crippen LogP contribution in [0.5, 0.6) is 0 Å². The van der Waals surface area contributed by atoms with E-state index < -0.39 is 0 Å². The number of rotatable bonds is 10. The largest absolute Gasteiger partial charge is 0.337 e. The lowest BCUT2D eigenvalue weighted by Gasteiger charge is -2.42. The maximum Gasteiger partial charge on any atom is 0.321 e. The third-order valence-corrected chi connectivity index (χ3v) is 9.28. The van der Waals surface area contributed by atoms with Crippen molar-refractivity contribution in [2.45, 2.75) is 83.8 Å². The number of anilines is 1. The van der Waals surface area contributed by atoms with Crippen LogP contribution in [0.2, 0.25) is 0 Å². The molecule has 4 nitrogen and oxygen atoms in total. The Morgan fingerprint density at radius 1 is 0.750 bits per heavy atom. The number of benzene rings is 3. The van der Waals surface area contributed by atoms with E-state index >= 15 is 0 Å². The van der Waals surface area contributed by atoms with Gasteiger partial charge in [0.2, 0.25) is 0 Å². The SMILES string of the molecule is C[C@]1(CNC(=O)N(CC2CCCCC2)c2ccccc2)CC[C@H](N(Cc2ccccc2)Cc2ccccc2)CC1. The minimum absolute atomic E-state index is 0.0647. The van der Waals surface area contributed by atoms with Gasteiger partial charge in [-0.25, -0.2) is 4.79 Å². The second kappa shape index (κ2) is 14.0. The van der Waals surface area contributed by atoms with E-state index in [1.807, 2.05) is 23.1 Å². The minimum atomic E-state index is 0.0647. The quantitative estimate of drug-likeness (QED) is 0.282. The molecule has 5 rings (SSSR count). The lowest BCUT2D eigenvalue weighted by Crippen LogP contribution is -2.48. The summed E-state index contributed by atoms with van der Waals surface area (Å²) in [5.74, 6) is 0.603. The Bertz CT molecular complexity index is 1110. The van der Waals surface area contributed by atoms with Crippen LogP contribution in [0.1, 0.15) is 75.8 Å². The van der Waals surface area contributed by atoms with Crippen LogP contribution in [0.15, 0.2) is 91.0 Å². The first-order valence-electron chi connectivity index (χ1n) is 15.5. The molecule has 0 unspecified atom stereocenters. The Morgan fingerprint density at radius 2 is 1.27 bits per heavy atom. The van der Waals surface area contributed by atoms with Crippen molar-refractivity contribution in [2.24, 2.45) is 11.3 Å². The van der Waals surface area contributed by atoms with Gasteiger partial charge in [0.15, 0.2) is 0 Å². The topological polar surface area (TPSA) is 35.6 Å². The third kappa shape index (κ3) is 7.97. The van der Waals surface area contributed by atoms with Crippen LogP contribution in [-0.2, 0) is 13.1 Å². The molecule has 0 radical (unpaired) electrons. The van der Waals surface area contributed by atoms with Gasteiger partial charge in [-0.3, -0.25) is 9.80 Å². The Morgan fingerprint density at radius 3 is 1.82 bits per heavy atom. The first-order valence-corrected chi connectivity index (χ1v) is 15.5. The number of urea groups is 1. The number of nitrogens with one attached hydrogen (secondary N) is 1. The van der Waals surface area contributed by atoms with Gasteiger partial charge in [-0.15, -0.1) is 0 Å². The molecule has 3 aromatic carbocycles. The van der Waals surface area contributed by atoms with Gasteiger partial charge in [-0.05, 0) is 73.1 Å². The van der Waals surface area contributed by atoms with Gasteiger partial charge in [0.25, 0.3) is 0 Å². The summed E-state index contributed by atoms with van der Waals surface area (Å²) >= 11 is 0. The Hall–Kier alpha value is -3.11. The second-order valence-corrected chi connectivity index (χ2v) is 12.5. The number of hydrogen-bond donors (Lipinski definition) is 1. The van der Waals surface area contributed by atoms with E-state index in [-0.39, 0.29) is 11.4 Å². The number of carbonyl (C=O) groups is 1. The van der Waals surface area contributed by atoms with Gasteiger partial charge in [0.1, 0.15) is 0 Å². The minimum Gasteiger partial charge on any atom is -0.337 e. The summed E-state index contributed by atoms with van der Waals surface area (Å²) in [6.45, 7) is 5.88. The van der Waals surface area contributed by atoms with Crippen LogP contribution in [0.3, 0.4) is 0 Å². The number of hydrogen-bond acceptors (Lipinski definition) is 2. The zero-order valence-corrected chi connectivity index (χ0v) is 24.3. The monoisotopic (exact) mass is 537 g/mol. The molecule has 4 heteroatoms. The number of amides is 2. The van der Waals surface area contributed by atoms with Gasteiger partial charge >= 0.3 is 6.03 Å². The molecule has 0 saturated heterocycles. The second-order valence-electron chi connectivity index (χ2n) is 12.5. The summed E-state index contributed by atoms with van der Waals surface area (Å²) in [4.78, 5) is 18.3. The van der Waals surface area contributed by atoms with Crippen molar-refractivity contribution in [2.75, 3.05) is 18.0 Å². The molecule has 2 saturated carbocycles. The van der Waals surface area contributed by atoms with Crippen molar-refractivity contribution in [3.05, 3.63) is 102 Å². The predicted octanol–water partition coefficient (Wildman–Crippen LogP) is 8.43. The van der Waals surface area contributed by atoms with E-state index in [4.69, 9.17) is 0 Å². The van der Waals surface area contributed by atoms with Crippen molar-refractivity contribution < 1.29 is 4.79 Å². The van der Waals surface area contributed by atoms with Crippen LogP contribution in [0, 0.1) is 11.3 Å². The van der Waals surface area contributed by atoms with Crippen molar-refractivity contribution in [3.63, 3.8) is 0 Å². The predicted molar refractivity (Wildman–Crippen MR) is 166 cm³/mol. The highest BCUT2D eigenvalue weighted by Gasteiger charge is 2.34. The number of carbonyl (C=O) groups excluding carboxylic acids is 1. The molecule has 2 fully saturated rings. The number of nitrogens with zero attached hydrogens (tertiary/aromatic N) is 2. The summed E-state index contributed by atoms with van der Waals surface area (Å²) in [5, 5.41) is 3.38. The summed E-state index contributed by atoms with van der Waals surface area (Å²) in [7, 11) is 0. The average Bonchev–Trinajstić information content (AvgIpc) is 3.01. The van der Waals surface area contributed by atoms with E-state index in [1.54, 1.807) is 0 Å². The van der Waals surface area contributed by atoms with E-state index in [1.165, 1.54) is 43.2 Å². The molecule has 0 spiro atoms. The van der Waals surface area contributed by atoms with Crippen molar-refractivity contribution in [1.82, 2.24) is 10.2 Å². The highest BCUT2D eigenvalue weighted by molar-refractivity contribution is 5.92. The van der Waals surface area contributed by atoms with Gasteiger partial charge in [0, 0.05) is 37.9 Å². The van der Waals surface area contributed by atoms with E-state index in [0.29, 0.717) is 12.0 Å². The Balaban J connectivity index is 1.19. The molecule has 0 atom stereocenters. The normalized spacial score (nSPS) is 21.7. The molecule has 0 aliphatic heterocycles. The van der Waals surface area contributed by atoms with Gasteiger partial charge in [0.05, 0.1) is 0 Å². The van der Waals surface area contributed by atoms with E-state index in [9.17, 15) is 4.79 Å². The van der Waals surface area contributed by atoms with Gasteiger partial charge in [-0.2, -0.15) is 0 Å². The molecule has 2 amide bonds. The first-order chi connectivity index (χ1) is 19.6. The summed E-state index contributed by atoms with van der Waals surface area (Å²) in [6.07, 6.45) is 11.0. The number of para-hydroxylation sites is 1. The van der Waals surface area contributed by atoms with Crippen molar-refractivity contribution >= 4 is 11.7 Å². The fourth-order valence-corrected chi connectivity index (χ4v) is 6.72. The summed E-state index contributed by atoms with van der Waals surface area (Å²) < 4.78 is 0. The molecular formula is C36H47N3O. The molecule has 1 N–H and O–H groups in total. The van der Waals surface area contributed by atoms with Gasteiger partial charge < -0.3 is 5.32 Å². The lowest BCUT2D eigenvalue weighted by atomic mass is 9.73. The lowest BCUT2D eigenvalue weighted by molar-refractivity contribution is 0.0871. The molecular weight excluding hydrogens is 490 g/mol. The average molecular weight is 538 g/mol. The fourth-order valence-electron chi connectivity index (χ4n) is 6.72. The first kappa shape index (κ1) is 28.4. The van der Waals surface area contributed by atoms with Crippen molar-refractivity contribution in [3.8, 4) is 0 Å². The van der Waals surface area contributed by atoms with Gasteiger partial charge in [-0.1, -0.05) is 105 Å². The van der Waals surface area contributed by atoms with Crippen LogP contribution in [0.4, 0.5) is 10.5 Å². The highest BCUT2D eigenvalue weighted by Crippen LogP contribution is 2.38. The third-order valence-electron chi connectivity index (χ3n) is 9.28. The van der Waals surface area contributed by atoms with E-state index in [0.717, 1.165) is 57.5 Å². The van der Waals surface area contributed by atoms with Crippen LogP contribution in [0.25, 0.3) is 0 Å².